The Morgan fingerprint density at radius 3 is 2.92 bits per heavy atom. The zero-order chi connectivity index (χ0) is 8.97. The van der Waals surface area contributed by atoms with Gasteiger partial charge in [-0.05, 0) is 17.7 Å². The van der Waals surface area contributed by atoms with Crippen LogP contribution in [0.4, 0.5) is 0 Å². The van der Waals surface area contributed by atoms with E-state index in [1.54, 1.807) is 7.11 Å². The highest BCUT2D eigenvalue weighted by molar-refractivity contribution is 9.09. The molecular weight excluding hydrogens is 220 g/mol. The second kappa shape index (κ2) is 4.48. The minimum absolute atomic E-state index is 0.458. The van der Waals surface area contributed by atoms with Crippen molar-refractivity contribution in [1.82, 2.24) is 0 Å². The van der Waals surface area contributed by atoms with Crippen molar-refractivity contribution >= 4 is 15.9 Å². The molecule has 1 unspecified atom stereocenters. The normalized spacial score (nSPS) is 12.6. The molecule has 0 saturated heterocycles. The zero-order valence-corrected chi connectivity index (χ0v) is 8.41. The second-order valence-electron chi connectivity index (χ2n) is 2.45. The third-order valence-corrected chi connectivity index (χ3v) is 2.24. The van der Waals surface area contributed by atoms with Gasteiger partial charge in [0.1, 0.15) is 5.75 Å². The lowest BCUT2D eigenvalue weighted by molar-refractivity contribution is 0.205. The molecule has 0 fully saturated rings. The summed E-state index contributed by atoms with van der Waals surface area (Å²) in [6.07, 6.45) is -0.458. The largest absolute Gasteiger partial charge is 0.497 e. The maximum absolute atomic E-state index is 9.45. The van der Waals surface area contributed by atoms with Crippen LogP contribution in [0.5, 0.6) is 5.75 Å². The molecule has 0 aliphatic rings. The number of hydrogen-bond acceptors (Lipinski definition) is 2. The molecule has 0 saturated carbocycles. The summed E-state index contributed by atoms with van der Waals surface area (Å²) in [6.45, 7) is 0. The number of ether oxygens (including phenoxy) is 1. The predicted molar refractivity (Wildman–Crippen MR) is 51.7 cm³/mol. The summed E-state index contributed by atoms with van der Waals surface area (Å²) in [7, 11) is 1.61. The van der Waals surface area contributed by atoms with Gasteiger partial charge in [0.15, 0.2) is 0 Å². The number of alkyl halides is 1. The van der Waals surface area contributed by atoms with Crippen LogP contribution in [0.3, 0.4) is 0 Å². The summed E-state index contributed by atoms with van der Waals surface area (Å²) in [4.78, 5) is 0. The lowest BCUT2D eigenvalue weighted by Gasteiger charge is -2.08. The maximum Gasteiger partial charge on any atom is 0.119 e. The van der Waals surface area contributed by atoms with Gasteiger partial charge in [0.2, 0.25) is 0 Å². The van der Waals surface area contributed by atoms with Gasteiger partial charge in [-0.1, -0.05) is 28.1 Å². The number of hydrogen-bond donors (Lipinski definition) is 1. The topological polar surface area (TPSA) is 29.5 Å². The smallest absolute Gasteiger partial charge is 0.119 e. The third kappa shape index (κ3) is 2.22. The average molecular weight is 231 g/mol. The van der Waals surface area contributed by atoms with Crippen molar-refractivity contribution in [3.8, 4) is 5.75 Å². The average Bonchev–Trinajstić information content (AvgIpc) is 2.17. The minimum atomic E-state index is -0.458. The van der Waals surface area contributed by atoms with Crippen LogP contribution in [-0.2, 0) is 0 Å². The van der Waals surface area contributed by atoms with E-state index in [9.17, 15) is 5.11 Å². The molecule has 0 amide bonds. The molecule has 0 heterocycles. The molecule has 1 atom stereocenters. The molecule has 0 bridgehead atoms. The third-order valence-electron chi connectivity index (χ3n) is 1.62. The fourth-order valence-electron chi connectivity index (χ4n) is 0.938. The SMILES string of the molecule is COc1cccc(C(O)CBr)c1. The molecule has 1 aromatic carbocycles. The van der Waals surface area contributed by atoms with E-state index in [-0.39, 0.29) is 0 Å². The van der Waals surface area contributed by atoms with Gasteiger partial charge in [0.25, 0.3) is 0 Å². The molecule has 3 heteroatoms. The molecule has 1 rings (SSSR count). The number of methoxy groups -OCH3 is 1. The Labute approximate surface area is 80.3 Å². The van der Waals surface area contributed by atoms with E-state index in [2.05, 4.69) is 15.9 Å². The van der Waals surface area contributed by atoms with Crippen LogP contribution in [-0.4, -0.2) is 17.5 Å². The van der Waals surface area contributed by atoms with Crippen molar-refractivity contribution in [3.63, 3.8) is 0 Å². The first-order valence-electron chi connectivity index (χ1n) is 3.66. The maximum atomic E-state index is 9.45. The van der Waals surface area contributed by atoms with E-state index in [1.165, 1.54) is 0 Å². The van der Waals surface area contributed by atoms with Crippen LogP contribution in [0, 0.1) is 0 Å². The Bertz CT molecular complexity index is 250. The first kappa shape index (κ1) is 9.55. The zero-order valence-electron chi connectivity index (χ0n) is 6.83. The monoisotopic (exact) mass is 230 g/mol. The van der Waals surface area contributed by atoms with E-state index in [4.69, 9.17) is 4.74 Å². The predicted octanol–water partition coefficient (Wildman–Crippen LogP) is 2.12. The van der Waals surface area contributed by atoms with E-state index in [0.717, 1.165) is 11.3 Å². The molecule has 0 aliphatic carbocycles. The van der Waals surface area contributed by atoms with Crippen molar-refractivity contribution in [2.24, 2.45) is 0 Å². The molecular formula is C9H11BrO2. The molecule has 12 heavy (non-hydrogen) atoms. The van der Waals surface area contributed by atoms with Gasteiger partial charge < -0.3 is 9.84 Å². The molecule has 1 N–H and O–H groups in total. The number of benzene rings is 1. The Morgan fingerprint density at radius 1 is 1.58 bits per heavy atom. The molecule has 0 aliphatic heterocycles. The highest BCUT2D eigenvalue weighted by Gasteiger charge is 2.05. The van der Waals surface area contributed by atoms with E-state index in [0.29, 0.717) is 5.33 Å². The lowest BCUT2D eigenvalue weighted by atomic mass is 10.1. The van der Waals surface area contributed by atoms with Crippen LogP contribution < -0.4 is 4.74 Å². The van der Waals surface area contributed by atoms with Crippen LogP contribution in [0.15, 0.2) is 24.3 Å². The van der Waals surface area contributed by atoms with Gasteiger partial charge in [-0.2, -0.15) is 0 Å². The summed E-state index contributed by atoms with van der Waals surface area (Å²) in [6, 6.07) is 7.41. The van der Waals surface area contributed by atoms with Crippen molar-refractivity contribution in [3.05, 3.63) is 29.8 Å². The standard InChI is InChI=1S/C9H11BrO2/c1-12-8-4-2-3-7(5-8)9(11)6-10/h2-5,9,11H,6H2,1H3. The van der Waals surface area contributed by atoms with Crippen LogP contribution in [0.1, 0.15) is 11.7 Å². The molecule has 0 spiro atoms. The van der Waals surface area contributed by atoms with Gasteiger partial charge in [0.05, 0.1) is 13.2 Å². The lowest BCUT2D eigenvalue weighted by Crippen LogP contribution is -1.98. The number of halogens is 1. The Kier molecular flexibility index (Phi) is 3.56. The summed E-state index contributed by atoms with van der Waals surface area (Å²) in [5, 5.41) is 9.99. The molecule has 66 valence electrons. The highest BCUT2D eigenvalue weighted by Crippen LogP contribution is 2.19. The van der Waals surface area contributed by atoms with Crippen molar-refractivity contribution in [1.29, 1.82) is 0 Å². The van der Waals surface area contributed by atoms with Crippen LogP contribution >= 0.6 is 15.9 Å². The second-order valence-corrected chi connectivity index (χ2v) is 3.09. The van der Waals surface area contributed by atoms with Gasteiger partial charge >= 0.3 is 0 Å². The minimum Gasteiger partial charge on any atom is -0.497 e. The summed E-state index contributed by atoms with van der Waals surface area (Å²) >= 11 is 3.21. The van der Waals surface area contributed by atoms with E-state index >= 15 is 0 Å². The summed E-state index contributed by atoms with van der Waals surface area (Å²) in [5.41, 5.74) is 0.867. The molecule has 0 radical (unpaired) electrons. The number of rotatable bonds is 3. The number of aliphatic hydroxyl groups is 1. The van der Waals surface area contributed by atoms with Crippen LogP contribution in [0.25, 0.3) is 0 Å². The quantitative estimate of drug-likeness (QED) is 0.807. The fourth-order valence-corrected chi connectivity index (χ4v) is 1.31. The van der Waals surface area contributed by atoms with Crippen molar-refractivity contribution in [2.45, 2.75) is 6.10 Å². The Hall–Kier alpha value is -0.540. The Balaban J connectivity index is 2.86. The van der Waals surface area contributed by atoms with Crippen molar-refractivity contribution < 1.29 is 9.84 Å². The van der Waals surface area contributed by atoms with E-state index < -0.39 is 6.10 Å². The number of aliphatic hydroxyl groups excluding tert-OH is 1. The first-order valence-corrected chi connectivity index (χ1v) is 4.78. The highest BCUT2D eigenvalue weighted by atomic mass is 79.9. The summed E-state index contributed by atoms with van der Waals surface area (Å²) < 4.78 is 5.02. The van der Waals surface area contributed by atoms with Gasteiger partial charge in [-0.3, -0.25) is 0 Å². The fraction of sp³-hybridized carbons (Fsp3) is 0.333. The van der Waals surface area contributed by atoms with Gasteiger partial charge in [0, 0.05) is 5.33 Å². The molecule has 1 aromatic rings. The molecule has 0 aromatic heterocycles. The molecule has 2 nitrogen and oxygen atoms in total. The van der Waals surface area contributed by atoms with Gasteiger partial charge in [-0.15, -0.1) is 0 Å². The van der Waals surface area contributed by atoms with Gasteiger partial charge in [-0.25, -0.2) is 0 Å². The van der Waals surface area contributed by atoms with Crippen LogP contribution in [0.2, 0.25) is 0 Å². The summed E-state index contributed by atoms with van der Waals surface area (Å²) in [5.74, 6) is 0.771. The van der Waals surface area contributed by atoms with E-state index in [1.807, 2.05) is 24.3 Å². The first-order chi connectivity index (χ1) is 5.77. The Morgan fingerprint density at radius 2 is 2.33 bits per heavy atom. The van der Waals surface area contributed by atoms with Crippen molar-refractivity contribution in [2.75, 3.05) is 12.4 Å².